The molecule has 1 nitrogen and oxygen atoms in total. The minimum atomic E-state index is 1.21. The van der Waals surface area contributed by atoms with Crippen LogP contribution in [0.3, 0.4) is 0 Å². The van der Waals surface area contributed by atoms with Gasteiger partial charge in [0.25, 0.3) is 0 Å². The lowest BCUT2D eigenvalue weighted by atomic mass is 10.1. The van der Waals surface area contributed by atoms with E-state index in [0.717, 1.165) is 0 Å². The second-order valence-corrected chi connectivity index (χ2v) is 5.21. The summed E-state index contributed by atoms with van der Waals surface area (Å²) in [6, 6.07) is 25.8. The molecule has 0 spiro atoms. The number of fused-ring (bicyclic) bond motifs is 3. The minimum Gasteiger partial charge on any atom is -0.309 e. The topological polar surface area (TPSA) is 4.93 Å². The summed E-state index contributed by atoms with van der Waals surface area (Å²) in [6.07, 6.45) is 0. The Morgan fingerprint density at radius 1 is 0.636 bits per heavy atom. The van der Waals surface area contributed by atoms with E-state index in [4.69, 9.17) is 0 Å². The fourth-order valence-electron chi connectivity index (χ4n) is 2.94. The molecule has 1 heterocycles. The first-order chi connectivity index (χ1) is 10.8. The normalized spacial score (nSPS) is 10.5. The first-order valence-corrected chi connectivity index (χ1v) is 7.90. The Kier molecular flexibility index (Phi) is 3.97. The highest BCUT2D eigenvalue weighted by Gasteiger charge is 2.11. The number of aromatic nitrogens is 1. The van der Waals surface area contributed by atoms with Crippen LogP contribution in [-0.4, -0.2) is 4.57 Å². The zero-order valence-corrected chi connectivity index (χ0v) is 13.4. The van der Waals surface area contributed by atoms with Gasteiger partial charge in [-0.1, -0.05) is 61.9 Å². The van der Waals surface area contributed by atoms with Gasteiger partial charge in [0.15, 0.2) is 0 Å². The van der Waals surface area contributed by atoms with Gasteiger partial charge in [-0.2, -0.15) is 0 Å². The molecular weight excluding hydrogens is 266 g/mol. The fraction of sp³-hybridized carbons (Fsp3) is 0.143. The maximum absolute atomic E-state index is 2.34. The average molecular weight is 287 g/mol. The van der Waals surface area contributed by atoms with E-state index < -0.39 is 0 Å². The van der Waals surface area contributed by atoms with Crippen LogP contribution in [0.25, 0.3) is 27.5 Å². The minimum absolute atomic E-state index is 1.21. The Labute approximate surface area is 131 Å². The molecule has 0 fully saturated rings. The van der Waals surface area contributed by atoms with Gasteiger partial charge in [-0.3, -0.25) is 0 Å². The number of nitrogens with zero attached hydrogens (tertiary/aromatic N) is 1. The van der Waals surface area contributed by atoms with Crippen molar-refractivity contribution in [3.8, 4) is 5.69 Å². The lowest BCUT2D eigenvalue weighted by molar-refractivity contribution is 1.18. The standard InChI is InChI=1S/C19H15N.C2H6/c1-14-11-12-19-17(13-14)16-9-5-6-10-18(16)20(19)15-7-3-2-4-8-15;1-2/h2-13H,1H3;1-2H3. The summed E-state index contributed by atoms with van der Waals surface area (Å²) in [4.78, 5) is 0. The van der Waals surface area contributed by atoms with E-state index in [2.05, 4.69) is 84.3 Å². The number of benzene rings is 3. The lowest BCUT2D eigenvalue weighted by Gasteiger charge is -2.07. The molecule has 1 aromatic heterocycles. The van der Waals surface area contributed by atoms with Crippen molar-refractivity contribution >= 4 is 21.8 Å². The fourth-order valence-corrected chi connectivity index (χ4v) is 2.94. The van der Waals surface area contributed by atoms with Crippen LogP contribution < -0.4 is 0 Å². The smallest absolute Gasteiger partial charge is 0.0541 e. The highest BCUT2D eigenvalue weighted by molar-refractivity contribution is 6.09. The van der Waals surface area contributed by atoms with Crippen molar-refractivity contribution in [2.24, 2.45) is 0 Å². The number of hydrogen-bond donors (Lipinski definition) is 0. The second kappa shape index (κ2) is 6.07. The molecule has 4 aromatic rings. The van der Waals surface area contributed by atoms with Gasteiger partial charge in [-0.05, 0) is 37.3 Å². The monoisotopic (exact) mass is 287 g/mol. The predicted octanol–water partition coefficient (Wildman–Crippen LogP) is 6.12. The van der Waals surface area contributed by atoms with E-state index in [0.29, 0.717) is 0 Å². The summed E-state index contributed by atoms with van der Waals surface area (Å²) >= 11 is 0. The molecule has 0 bridgehead atoms. The van der Waals surface area contributed by atoms with E-state index in [9.17, 15) is 0 Å². The van der Waals surface area contributed by atoms with E-state index in [1.165, 1.54) is 33.1 Å². The van der Waals surface area contributed by atoms with Gasteiger partial charge in [0.1, 0.15) is 0 Å². The van der Waals surface area contributed by atoms with Gasteiger partial charge in [0.05, 0.1) is 11.0 Å². The molecule has 0 aliphatic rings. The molecule has 110 valence electrons. The van der Waals surface area contributed by atoms with Gasteiger partial charge < -0.3 is 4.57 Å². The molecule has 0 atom stereocenters. The van der Waals surface area contributed by atoms with Gasteiger partial charge in [-0.15, -0.1) is 0 Å². The molecule has 0 radical (unpaired) electrons. The molecule has 4 rings (SSSR count). The Morgan fingerprint density at radius 3 is 2.05 bits per heavy atom. The quantitative estimate of drug-likeness (QED) is 0.397. The third-order valence-corrected chi connectivity index (χ3v) is 3.84. The van der Waals surface area contributed by atoms with Crippen LogP contribution in [0.1, 0.15) is 19.4 Å². The highest BCUT2D eigenvalue weighted by atomic mass is 15.0. The second-order valence-electron chi connectivity index (χ2n) is 5.21. The summed E-state index contributed by atoms with van der Waals surface area (Å²) < 4.78 is 2.34. The van der Waals surface area contributed by atoms with Crippen molar-refractivity contribution in [3.63, 3.8) is 0 Å². The first kappa shape index (κ1) is 14.4. The van der Waals surface area contributed by atoms with Gasteiger partial charge in [-0.25, -0.2) is 0 Å². The van der Waals surface area contributed by atoms with Crippen molar-refractivity contribution in [1.82, 2.24) is 4.57 Å². The molecule has 0 aliphatic heterocycles. The zero-order valence-electron chi connectivity index (χ0n) is 13.4. The Bertz CT molecular complexity index is 901. The summed E-state index contributed by atoms with van der Waals surface area (Å²) in [5.41, 5.74) is 5.04. The van der Waals surface area contributed by atoms with E-state index in [-0.39, 0.29) is 0 Å². The van der Waals surface area contributed by atoms with Crippen LogP contribution in [0.4, 0.5) is 0 Å². The summed E-state index contributed by atoms with van der Waals surface area (Å²) in [6.45, 7) is 6.15. The van der Waals surface area contributed by atoms with Crippen LogP contribution in [0.2, 0.25) is 0 Å². The van der Waals surface area contributed by atoms with Crippen molar-refractivity contribution in [2.45, 2.75) is 20.8 Å². The van der Waals surface area contributed by atoms with Crippen LogP contribution in [0, 0.1) is 6.92 Å². The van der Waals surface area contributed by atoms with Crippen LogP contribution in [0.15, 0.2) is 72.8 Å². The number of rotatable bonds is 1. The zero-order chi connectivity index (χ0) is 15.5. The predicted molar refractivity (Wildman–Crippen MR) is 96.9 cm³/mol. The molecule has 0 N–H and O–H groups in total. The average Bonchev–Trinajstić information content (AvgIpc) is 2.91. The molecule has 0 aliphatic carbocycles. The molecule has 0 amide bonds. The SMILES string of the molecule is CC.Cc1ccc2c(c1)c1ccccc1n2-c1ccccc1. The van der Waals surface area contributed by atoms with E-state index >= 15 is 0 Å². The lowest BCUT2D eigenvalue weighted by Crippen LogP contribution is -1.92. The summed E-state index contributed by atoms with van der Waals surface area (Å²) in [5, 5.41) is 2.64. The number of hydrogen-bond acceptors (Lipinski definition) is 0. The maximum Gasteiger partial charge on any atom is 0.0541 e. The number of aryl methyl sites for hydroxylation is 1. The Hall–Kier alpha value is -2.54. The molecule has 0 unspecified atom stereocenters. The molecule has 1 heteroatoms. The summed E-state index contributed by atoms with van der Waals surface area (Å²) in [5.74, 6) is 0. The van der Waals surface area contributed by atoms with E-state index in [1.807, 2.05) is 13.8 Å². The highest BCUT2D eigenvalue weighted by Crippen LogP contribution is 2.32. The van der Waals surface area contributed by atoms with Crippen molar-refractivity contribution in [2.75, 3.05) is 0 Å². The third kappa shape index (κ3) is 2.29. The van der Waals surface area contributed by atoms with Crippen LogP contribution >= 0.6 is 0 Å². The van der Waals surface area contributed by atoms with Gasteiger partial charge in [0, 0.05) is 16.5 Å². The third-order valence-electron chi connectivity index (χ3n) is 3.84. The maximum atomic E-state index is 2.34. The van der Waals surface area contributed by atoms with Crippen molar-refractivity contribution < 1.29 is 0 Å². The molecule has 0 saturated carbocycles. The molecular formula is C21H21N. The van der Waals surface area contributed by atoms with Crippen LogP contribution in [-0.2, 0) is 0 Å². The number of para-hydroxylation sites is 2. The Balaban J connectivity index is 0.000000693. The largest absolute Gasteiger partial charge is 0.309 e. The van der Waals surface area contributed by atoms with Crippen LogP contribution in [0.5, 0.6) is 0 Å². The molecule has 22 heavy (non-hydrogen) atoms. The van der Waals surface area contributed by atoms with Gasteiger partial charge >= 0.3 is 0 Å². The van der Waals surface area contributed by atoms with Gasteiger partial charge in [0.2, 0.25) is 0 Å². The molecule has 3 aromatic carbocycles. The first-order valence-electron chi connectivity index (χ1n) is 7.90. The van der Waals surface area contributed by atoms with Crippen molar-refractivity contribution in [1.29, 1.82) is 0 Å². The summed E-state index contributed by atoms with van der Waals surface area (Å²) in [7, 11) is 0. The Morgan fingerprint density at radius 2 is 1.27 bits per heavy atom. The molecule has 0 saturated heterocycles. The van der Waals surface area contributed by atoms with Crippen molar-refractivity contribution in [3.05, 3.63) is 78.4 Å². The van der Waals surface area contributed by atoms with E-state index in [1.54, 1.807) is 0 Å².